The summed E-state index contributed by atoms with van der Waals surface area (Å²) in [5.74, 6) is -0.439. The molecule has 0 radical (unpaired) electrons. The van der Waals surface area contributed by atoms with Crippen molar-refractivity contribution in [2.75, 3.05) is 7.11 Å². The van der Waals surface area contributed by atoms with Gasteiger partial charge < -0.3 is 15.2 Å². The number of carbonyl (C=O) groups excluding carboxylic acids is 1. The maximum Gasteiger partial charge on any atom is 0.305 e. The number of amides is 1. The Morgan fingerprint density at radius 2 is 1.79 bits per heavy atom. The van der Waals surface area contributed by atoms with Crippen LogP contribution in [0.15, 0.2) is 48.5 Å². The molecule has 2 aromatic rings. The van der Waals surface area contributed by atoms with E-state index in [0.717, 1.165) is 22.4 Å². The summed E-state index contributed by atoms with van der Waals surface area (Å²) in [6, 6.07) is 14.1. The molecule has 0 spiro atoms. The van der Waals surface area contributed by atoms with Crippen molar-refractivity contribution in [3.63, 3.8) is 0 Å². The van der Waals surface area contributed by atoms with Crippen molar-refractivity contribution >= 4 is 11.9 Å². The molecule has 0 aromatic heterocycles. The molecule has 126 valence electrons. The van der Waals surface area contributed by atoms with Crippen molar-refractivity contribution in [1.29, 1.82) is 0 Å². The van der Waals surface area contributed by atoms with Crippen LogP contribution in [-0.2, 0) is 16.0 Å². The molecule has 0 saturated heterocycles. The molecule has 5 nitrogen and oxygen atoms in total. The second-order valence-corrected chi connectivity index (χ2v) is 5.60. The number of carbonyl (C=O) groups is 2. The third-order valence-corrected chi connectivity index (χ3v) is 3.80. The van der Waals surface area contributed by atoms with Gasteiger partial charge in [-0.15, -0.1) is 0 Å². The summed E-state index contributed by atoms with van der Waals surface area (Å²) in [4.78, 5) is 23.4. The molecule has 2 N–H and O–H groups in total. The number of benzene rings is 2. The zero-order valence-corrected chi connectivity index (χ0v) is 13.8. The van der Waals surface area contributed by atoms with Gasteiger partial charge in [-0.05, 0) is 35.7 Å². The number of carboxylic acids is 1. The minimum absolute atomic E-state index is 0.154. The van der Waals surface area contributed by atoms with E-state index in [1.165, 1.54) is 0 Å². The molecule has 1 unspecified atom stereocenters. The van der Waals surface area contributed by atoms with Crippen LogP contribution in [0.4, 0.5) is 0 Å². The van der Waals surface area contributed by atoms with Gasteiger partial charge in [0.05, 0.1) is 26.0 Å². The Balaban J connectivity index is 2.09. The van der Waals surface area contributed by atoms with Gasteiger partial charge in [-0.25, -0.2) is 0 Å². The summed E-state index contributed by atoms with van der Waals surface area (Å²) in [5, 5.41) is 12.0. The van der Waals surface area contributed by atoms with Crippen molar-refractivity contribution in [1.82, 2.24) is 5.32 Å². The number of carboxylic acid groups (broad SMARTS) is 1. The lowest BCUT2D eigenvalue weighted by molar-refractivity contribution is -0.137. The fraction of sp³-hybridized carbons (Fsp3) is 0.263. The van der Waals surface area contributed by atoms with E-state index >= 15 is 0 Å². The highest BCUT2D eigenvalue weighted by Crippen LogP contribution is 2.21. The Morgan fingerprint density at radius 1 is 1.12 bits per heavy atom. The van der Waals surface area contributed by atoms with Crippen molar-refractivity contribution < 1.29 is 19.4 Å². The lowest BCUT2D eigenvalue weighted by Gasteiger charge is -2.19. The van der Waals surface area contributed by atoms with Gasteiger partial charge in [-0.2, -0.15) is 0 Å². The lowest BCUT2D eigenvalue weighted by Crippen LogP contribution is -2.31. The Morgan fingerprint density at radius 3 is 2.38 bits per heavy atom. The van der Waals surface area contributed by atoms with Crippen molar-refractivity contribution in [2.45, 2.75) is 25.8 Å². The minimum Gasteiger partial charge on any atom is -0.497 e. The molecule has 1 atom stereocenters. The van der Waals surface area contributed by atoms with Gasteiger partial charge in [0.25, 0.3) is 0 Å². The van der Waals surface area contributed by atoms with Gasteiger partial charge >= 0.3 is 5.97 Å². The largest absolute Gasteiger partial charge is 0.497 e. The van der Waals surface area contributed by atoms with Crippen molar-refractivity contribution in [3.8, 4) is 5.75 Å². The van der Waals surface area contributed by atoms with Crippen molar-refractivity contribution in [2.24, 2.45) is 0 Å². The molecule has 1 amide bonds. The molecule has 0 aliphatic heterocycles. The van der Waals surface area contributed by atoms with Crippen LogP contribution in [0.3, 0.4) is 0 Å². The van der Waals surface area contributed by atoms with E-state index in [4.69, 9.17) is 9.84 Å². The number of rotatable bonds is 7. The van der Waals surface area contributed by atoms with Crippen LogP contribution < -0.4 is 10.1 Å². The topological polar surface area (TPSA) is 75.6 Å². The van der Waals surface area contributed by atoms with Crippen molar-refractivity contribution in [3.05, 3.63) is 65.2 Å². The van der Waals surface area contributed by atoms with Crippen LogP contribution in [0.5, 0.6) is 5.75 Å². The fourth-order valence-corrected chi connectivity index (χ4v) is 2.57. The molecule has 0 saturated carbocycles. The zero-order valence-electron chi connectivity index (χ0n) is 13.8. The van der Waals surface area contributed by atoms with Crippen LogP contribution in [0.25, 0.3) is 0 Å². The van der Waals surface area contributed by atoms with E-state index < -0.39 is 12.0 Å². The zero-order chi connectivity index (χ0) is 17.5. The Hall–Kier alpha value is -2.82. The molecule has 5 heteroatoms. The Bertz CT molecular complexity index is 710. The first-order valence-corrected chi connectivity index (χ1v) is 7.69. The molecule has 0 aliphatic carbocycles. The molecule has 0 aliphatic rings. The van der Waals surface area contributed by atoms with Crippen LogP contribution in [0.1, 0.15) is 29.2 Å². The average Bonchev–Trinajstić information content (AvgIpc) is 2.55. The maximum atomic E-state index is 12.3. The van der Waals surface area contributed by atoms with Crippen LogP contribution in [0, 0.1) is 6.92 Å². The van der Waals surface area contributed by atoms with Gasteiger partial charge in [0.2, 0.25) is 5.91 Å². The number of hydrogen-bond donors (Lipinski definition) is 2. The molecule has 0 bridgehead atoms. The SMILES string of the molecule is COc1ccc(CC(=O)NC(CC(=O)O)c2ccccc2C)cc1. The van der Waals surface area contributed by atoms with Gasteiger partial charge in [-0.3, -0.25) is 9.59 Å². The first-order chi connectivity index (χ1) is 11.5. The molecular weight excluding hydrogens is 306 g/mol. The number of hydrogen-bond acceptors (Lipinski definition) is 3. The predicted octanol–water partition coefficient (Wildman–Crippen LogP) is 2.88. The first kappa shape index (κ1) is 17.5. The molecule has 24 heavy (non-hydrogen) atoms. The standard InChI is InChI=1S/C19H21NO4/c1-13-5-3-4-6-16(13)17(12-19(22)23)20-18(21)11-14-7-9-15(24-2)10-8-14/h3-10,17H,11-12H2,1-2H3,(H,20,21)(H,22,23). The third-order valence-electron chi connectivity index (χ3n) is 3.80. The van der Waals surface area contributed by atoms with E-state index in [1.807, 2.05) is 43.3 Å². The smallest absolute Gasteiger partial charge is 0.305 e. The van der Waals surface area contributed by atoms with Gasteiger partial charge in [0.1, 0.15) is 5.75 Å². The molecule has 0 fully saturated rings. The average molecular weight is 327 g/mol. The molecule has 2 aromatic carbocycles. The fourth-order valence-electron chi connectivity index (χ4n) is 2.57. The van der Waals surface area contributed by atoms with Gasteiger partial charge in [0.15, 0.2) is 0 Å². The lowest BCUT2D eigenvalue weighted by atomic mass is 9.98. The van der Waals surface area contributed by atoms with E-state index in [1.54, 1.807) is 19.2 Å². The highest BCUT2D eigenvalue weighted by Gasteiger charge is 2.19. The second kappa shape index (κ2) is 8.15. The molecule has 0 heterocycles. The number of aryl methyl sites for hydroxylation is 1. The van der Waals surface area contributed by atoms with Crippen LogP contribution in [0.2, 0.25) is 0 Å². The third kappa shape index (κ3) is 4.84. The summed E-state index contributed by atoms with van der Waals surface area (Å²) in [5.41, 5.74) is 2.61. The van der Waals surface area contributed by atoms with Gasteiger partial charge in [0, 0.05) is 0 Å². The quantitative estimate of drug-likeness (QED) is 0.820. The van der Waals surface area contributed by atoms with E-state index in [2.05, 4.69) is 5.32 Å². The monoisotopic (exact) mass is 327 g/mol. The summed E-state index contributed by atoms with van der Waals surface area (Å²) in [6.07, 6.45) is 0.0329. The minimum atomic E-state index is -0.951. The molecule has 2 rings (SSSR count). The highest BCUT2D eigenvalue weighted by atomic mass is 16.5. The highest BCUT2D eigenvalue weighted by molar-refractivity contribution is 5.80. The summed E-state index contributed by atoms with van der Waals surface area (Å²) in [6.45, 7) is 1.90. The Kier molecular flexibility index (Phi) is 5.95. The van der Waals surface area contributed by atoms with Crippen LogP contribution in [-0.4, -0.2) is 24.1 Å². The predicted molar refractivity (Wildman–Crippen MR) is 91.0 cm³/mol. The Labute approximate surface area is 141 Å². The van der Waals surface area contributed by atoms with Crippen LogP contribution >= 0.6 is 0 Å². The number of ether oxygens (including phenoxy) is 1. The molecular formula is C19H21NO4. The second-order valence-electron chi connectivity index (χ2n) is 5.60. The normalized spacial score (nSPS) is 11.6. The maximum absolute atomic E-state index is 12.3. The number of methoxy groups -OCH3 is 1. The van der Waals surface area contributed by atoms with Gasteiger partial charge in [-0.1, -0.05) is 36.4 Å². The first-order valence-electron chi connectivity index (χ1n) is 7.69. The summed E-state index contributed by atoms with van der Waals surface area (Å²) >= 11 is 0. The summed E-state index contributed by atoms with van der Waals surface area (Å²) in [7, 11) is 1.58. The van der Waals surface area contributed by atoms with E-state index in [-0.39, 0.29) is 18.7 Å². The summed E-state index contributed by atoms with van der Waals surface area (Å²) < 4.78 is 5.09. The number of aliphatic carboxylic acids is 1. The number of nitrogens with one attached hydrogen (secondary N) is 1. The van der Waals surface area contributed by atoms with E-state index in [0.29, 0.717) is 0 Å². The van der Waals surface area contributed by atoms with E-state index in [9.17, 15) is 9.59 Å².